The van der Waals surface area contributed by atoms with Crippen molar-refractivity contribution >= 4 is 11.4 Å². The van der Waals surface area contributed by atoms with Gasteiger partial charge in [-0.3, -0.25) is 30.0 Å². The van der Waals surface area contributed by atoms with Gasteiger partial charge in [-0.25, -0.2) is 0 Å². The molecule has 0 spiro atoms. The first-order valence-corrected chi connectivity index (χ1v) is 8.44. The number of benzene rings is 2. The van der Waals surface area contributed by atoms with Gasteiger partial charge in [0.05, 0.1) is 9.85 Å². The second-order valence-corrected chi connectivity index (χ2v) is 6.32. The molecule has 1 heterocycles. The van der Waals surface area contributed by atoms with Crippen molar-refractivity contribution in [2.24, 2.45) is 0 Å². The molecule has 0 atom stereocenters. The fourth-order valence-corrected chi connectivity index (χ4v) is 3.23. The summed E-state index contributed by atoms with van der Waals surface area (Å²) in [6, 6.07) is 13.6. The van der Waals surface area contributed by atoms with Crippen molar-refractivity contribution in [2.45, 2.75) is 13.1 Å². The molecule has 0 amide bonds. The lowest BCUT2D eigenvalue weighted by molar-refractivity contribution is -0.386. The predicted molar refractivity (Wildman–Crippen MR) is 96.7 cm³/mol. The van der Waals surface area contributed by atoms with E-state index in [0.29, 0.717) is 24.2 Å². The van der Waals surface area contributed by atoms with Gasteiger partial charge >= 0.3 is 0 Å². The molecule has 2 aromatic rings. The molecule has 1 aliphatic heterocycles. The molecule has 1 fully saturated rings. The number of hydrogen-bond acceptors (Lipinski definition) is 6. The van der Waals surface area contributed by atoms with Crippen molar-refractivity contribution in [1.82, 2.24) is 9.80 Å². The smallest absolute Gasteiger partial charge is 0.273 e. The zero-order valence-electron chi connectivity index (χ0n) is 14.3. The summed E-state index contributed by atoms with van der Waals surface area (Å²) in [6.45, 7) is 4.16. The number of para-hydroxylation sites is 2. The number of hydrogen-bond donors (Lipinski definition) is 0. The van der Waals surface area contributed by atoms with E-state index in [1.165, 1.54) is 12.1 Å². The third-order valence-electron chi connectivity index (χ3n) is 4.63. The van der Waals surface area contributed by atoms with Crippen molar-refractivity contribution < 1.29 is 9.85 Å². The Balaban J connectivity index is 1.59. The molecule has 0 unspecified atom stereocenters. The third-order valence-corrected chi connectivity index (χ3v) is 4.63. The van der Waals surface area contributed by atoms with Gasteiger partial charge in [0.15, 0.2) is 0 Å². The van der Waals surface area contributed by atoms with Crippen LogP contribution in [0.2, 0.25) is 0 Å². The second kappa shape index (κ2) is 8.03. The molecular weight excluding hydrogens is 336 g/mol. The molecule has 0 N–H and O–H groups in total. The molecule has 8 nitrogen and oxygen atoms in total. The molecule has 8 heteroatoms. The first kappa shape index (κ1) is 18.0. The summed E-state index contributed by atoms with van der Waals surface area (Å²) in [4.78, 5) is 25.9. The van der Waals surface area contributed by atoms with E-state index >= 15 is 0 Å². The highest BCUT2D eigenvalue weighted by Gasteiger charge is 2.22. The van der Waals surface area contributed by atoms with Crippen LogP contribution in [0.15, 0.2) is 48.5 Å². The van der Waals surface area contributed by atoms with E-state index in [4.69, 9.17) is 0 Å². The minimum Gasteiger partial charge on any atom is -0.296 e. The van der Waals surface area contributed by atoms with E-state index < -0.39 is 0 Å². The molecule has 3 rings (SSSR count). The van der Waals surface area contributed by atoms with E-state index in [1.807, 2.05) is 12.1 Å². The molecule has 0 bridgehead atoms. The number of nitrogens with zero attached hydrogens (tertiary/aromatic N) is 4. The highest BCUT2D eigenvalue weighted by atomic mass is 16.6. The first-order valence-electron chi connectivity index (χ1n) is 8.44. The van der Waals surface area contributed by atoms with E-state index in [1.54, 1.807) is 24.3 Å². The summed E-state index contributed by atoms with van der Waals surface area (Å²) in [7, 11) is 0. The highest BCUT2D eigenvalue weighted by Crippen LogP contribution is 2.22. The van der Waals surface area contributed by atoms with Gasteiger partial charge in [-0.1, -0.05) is 36.4 Å². The van der Waals surface area contributed by atoms with Crippen molar-refractivity contribution in [3.63, 3.8) is 0 Å². The summed E-state index contributed by atoms with van der Waals surface area (Å²) in [5, 5.41) is 22.3. The Morgan fingerprint density at radius 1 is 0.692 bits per heavy atom. The van der Waals surface area contributed by atoms with Crippen LogP contribution >= 0.6 is 0 Å². The van der Waals surface area contributed by atoms with Gasteiger partial charge in [0, 0.05) is 62.5 Å². The Morgan fingerprint density at radius 3 is 1.38 bits per heavy atom. The summed E-state index contributed by atoms with van der Waals surface area (Å²) in [6.07, 6.45) is 0. The Labute approximate surface area is 150 Å². The minimum atomic E-state index is -0.347. The van der Waals surface area contributed by atoms with Crippen LogP contribution in [0.25, 0.3) is 0 Å². The van der Waals surface area contributed by atoms with Gasteiger partial charge in [0.1, 0.15) is 0 Å². The van der Waals surface area contributed by atoms with Gasteiger partial charge in [-0.15, -0.1) is 0 Å². The largest absolute Gasteiger partial charge is 0.296 e. The lowest BCUT2D eigenvalue weighted by Crippen LogP contribution is -2.45. The van der Waals surface area contributed by atoms with Crippen LogP contribution in [0, 0.1) is 20.2 Å². The zero-order chi connectivity index (χ0) is 18.5. The molecule has 2 aromatic carbocycles. The maximum atomic E-state index is 11.1. The third kappa shape index (κ3) is 4.22. The molecule has 0 aliphatic carbocycles. The zero-order valence-corrected chi connectivity index (χ0v) is 14.3. The van der Waals surface area contributed by atoms with Crippen LogP contribution in [-0.2, 0) is 13.1 Å². The average molecular weight is 356 g/mol. The van der Waals surface area contributed by atoms with Gasteiger partial charge in [-0.2, -0.15) is 0 Å². The maximum Gasteiger partial charge on any atom is 0.273 e. The van der Waals surface area contributed by atoms with Crippen LogP contribution in [-0.4, -0.2) is 45.8 Å². The molecule has 0 aromatic heterocycles. The molecule has 0 radical (unpaired) electrons. The lowest BCUT2D eigenvalue weighted by atomic mass is 10.1. The fourth-order valence-electron chi connectivity index (χ4n) is 3.23. The molecule has 0 saturated carbocycles. The van der Waals surface area contributed by atoms with Gasteiger partial charge < -0.3 is 0 Å². The van der Waals surface area contributed by atoms with Crippen LogP contribution in [0.1, 0.15) is 11.1 Å². The highest BCUT2D eigenvalue weighted by molar-refractivity contribution is 5.40. The predicted octanol–water partition coefficient (Wildman–Crippen LogP) is 2.82. The summed E-state index contributed by atoms with van der Waals surface area (Å²) >= 11 is 0. The Bertz CT molecular complexity index is 736. The van der Waals surface area contributed by atoms with Crippen LogP contribution in [0.4, 0.5) is 11.4 Å². The standard InChI is InChI=1S/C18H20N4O4/c23-21(24)17-7-3-1-5-15(17)13-19-9-11-20(12-10-19)14-16-6-2-4-8-18(16)22(25)26/h1-8H,9-14H2. The quantitative estimate of drug-likeness (QED) is 0.584. The molecule has 1 saturated heterocycles. The van der Waals surface area contributed by atoms with E-state index in [9.17, 15) is 20.2 Å². The fraction of sp³-hybridized carbons (Fsp3) is 0.333. The number of rotatable bonds is 6. The topological polar surface area (TPSA) is 92.8 Å². The summed E-state index contributed by atoms with van der Waals surface area (Å²) in [5.41, 5.74) is 1.72. The molecule has 1 aliphatic rings. The summed E-state index contributed by atoms with van der Waals surface area (Å²) in [5.74, 6) is 0. The number of nitro groups is 2. The summed E-state index contributed by atoms with van der Waals surface area (Å²) < 4.78 is 0. The van der Waals surface area contributed by atoms with E-state index in [-0.39, 0.29) is 21.2 Å². The van der Waals surface area contributed by atoms with Crippen LogP contribution in [0.3, 0.4) is 0 Å². The number of piperazine rings is 1. The van der Waals surface area contributed by atoms with Gasteiger partial charge in [0.2, 0.25) is 0 Å². The normalized spacial score (nSPS) is 15.7. The van der Waals surface area contributed by atoms with Crippen molar-refractivity contribution in [3.05, 3.63) is 79.9 Å². The van der Waals surface area contributed by atoms with Gasteiger partial charge in [0.25, 0.3) is 11.4 Å². The van der Waals surface area contributed by atoms with E-state index in [0.717, 1.165) is 26.2 Å². The van der Waals surface area contributed by atoms with Crippen molar-refractivity contribution in [1.29, 1.82) is 0 Å². The molecule has 26 heavy (non-hydrogen) atoms. The monoisotopic (exact) mass is 356 g/mol. The van der Waals surface area contributed by atoms with Crippen molar-refractivity contribution in [2.75, 3.05) is 26.2 Å². The second-order valence-electron chi connectivity index (χ2n) is 6.32. The maximum absolute atomic E-state index is 11.1. The average Bonchev–Trinajstić information content (AvgIpc) is 2.64. The van der Waals surface area contributed by atoms with Gasteiger partial charge in [-0.05, 0) is 0 Å². The van der Waals surface area contributed by atoms with Crippen LogP contribution < -0.4 is 0 Å². The number of nitro benzene ring substituents is 2. The SMILES string of the molecule is O=[N+]([O-])c1ccccc1CN1CCN(Cc2ccccc2[N+](=O)[O-])CC1. The van der Waals surface area contributed by atoms with Crippen LogP contribution in [0.5, 0.6) is 0 Å². The lowest BCUT2D eigenvalue weighted by Gasteiger charge is -2.34. The Kier molecular flexibility index (Phi) is 5.55. The molecule has 136 valence electrons. The first-order chi connectivity index (χ1) is 12.5. The van der Waals surface area contributed by atoms with Crippen molar-refractivity contribution in [3.8, 4) is 0 Å². The molecular formula is C18H20N4O4. The minimum absolute atomic E-state index is 0.148. The Hall–Kier alpha value is -2.84. The van der Waals surface area contributed by atoms with E-state index in [2.05, 4.69) is 9.80 Å². The Morgan fingerprint density at radius 2 is 1.04 bits per heavy atom.